The van der Waals surface area contributed by atoms with Crippen LogP contribution < -0.4 is 5.32 Å². The Morgan fingerprint density at radius 2 is 2.17 bits per heavy atom. The summed E-state index contributed by atoms with van der Waals surface area (Å²) in [5.41, 5.74) is 1.39. The fourth-order valence-corrected chi connectivity index (χ4v) is 4.20. The molecule has 1 unspecified atom stereocenters. The molecule has 2 aromatic rings. The molecule has 1 N–H and O–H groups in total. The van der Waals surface area contributed by atoms with Crippen molar-refractivity contribution in [1.29, 1.82) is 0 Å². The molecule has 0 aliphatic rings. The minimum Gasteiger partial charge on any atom is -0.312 e. The van der Waals surface area contributed by atoms with Gasteiger partial charge in [-0.2, -0.15) is 0 Å². The van der Waals surface area contributed by atoms with Gasteiger partial charge in [-0.1, -0.05) is 12.1 Å². The van der Waals surface area contributed by atoms with Crippen molar-refractivity contribution in [2.45, 2.75) is 17.9 Å². The molecule has 0 amide bonds. The van der Waals surface area contributed by atoms with Gasteiger partial charge in [0.1, 0.15) is 0 Å². The molecule has 1 atom stereocenters. The SMILES string of the molecule is CNC(CSc1ccccc1Br)c1csc(C)c1. The maximum Gasteiger partial charge on any atom is 0.0421 e. The predicted molar refractivity (Wildman–Crippen MR) is 85.7 cm³/mol. The van der Waals surface area contributed by atoms with Gasteiger partial charge in [0, 0.05) is 26.0 Å². The van der Waals surface area contributed by atoms with Crippen LogP contribution in [0.3, 0.4) is 0 Å². The third kappa shape index (κ3) is 3.60. The lowest BCUT2D eigenvalue weighted by molar-refractivity contribution is 0.664. The Balaban J connectivity index is 2.02. The van der Waals surface area contributed by atoms with E-state index in [9.17, 15) is 0 Å². The van der Waals surface area contributed by atoms with Crippen molar-refractivity contribution >= 4 is 39.0 Å². The second kappa shape index (κ2) is 6.75. The zero-order valence-electron chi connectivity index (χ0n) is 10.4. The fraction of sp³-hybridized carbons (Fsp3) is 0.286. The van der Waals surface area contributed by atoms with Crippen LogP contribution >= 0.6 is 39.0 Å². The van der Waals surface area contributed by atoms with Crippen molar-refractivity contribution in [2.75, 3.05) is 12.8 Å². The number of rotatable bonds is 5. The summed E-state index contributed by atoms with van der Waals surface area (Å²) in [6.45, 7) is 2.15. The lowest BCUT2D eigenvalue weighted by atomic mass is 10.2. The van der Waals surface area contributed by atoms with E-state index in [1.165, 1.54) is 19.8 Å². The van der Waals surface area contributed by atoms with Crippen LogP contribution in [-0.2, 0) is 0 Å². The second-order valence-electron chi connectivity index (χ2n) is 4.07. The Labute approximate surface area is 125 Å². The molecule has 0 saturated carbocycles. The molecule has 0 aliphatic heterocycles. The van der Waals surface area contributed by atoms with Crippen molar-refractivity contribution in [3.63, 3.8) is 0 Å². The Morgan fingerprint density at radius 3 is 2.78 bits per heavy atom. The molecular weight excluding hydrogens is 326 g/mol. The van der Waals surface area contributed by atoms with Crippen LogP contribution in [0.2, 0.25) is 0 Å². The monoisotopic (exact) mass is 341 g/mol. The third-order valence-electron chi connectivity index (χ3n) is 2.74. The molecule has 0 fully saturated rings. The van der Waals surface area contributed by atoms with Gasteiger partial charge in [-0.15, -0.1) is 23.1 Å². The zero-order chi connectivity index (χ0) is 13.0. The van der Waals surface area contributed by atoms with Crippen LogP contribution in [0.4, 0.5) is 0 Å². The van der Waals surface area contributed by atoms with Gasteiger partial charge in [0.25, 0.3) is 0 Å². The summed E-state index contributed by atoms with van der Waals surface area (Å²) in [5, 5.41) is 5.64. The number of aryl methyl sites for hydroxylation is 1. The highest BCUT2D eigenvalue weighted by Crippen LogP contribution is 2.31. The smallest absolute Gasteiger partial charge is 0.0421 e. The Kier molecular flexibility index (Phi) is 5.30. The molecule has 18 heavy (non-hydrogen) atoms. The van der Waals surface area contributed by atoms with Gasteiger partial charge < -0.3 is 5.32 Å². The van der Waals surface area contributed by atoms with Gasteiger partial charge in [0.05, 0.1) is 0 Å². The number of thioether (sulfide) groups is 1. The number of halogens is 1. The van der Waals surface area contributed by atoms with Gasteiger partial charge in [-0.05, 0) is 59.0 Å². The summed E-state index contributed by atoms with van der Waals surface area (Å²) in [7, 11) is 2.03. The number of nitrogens with one attached hydrogen (secondary N) is 1. The first-order valence-electron chi connectivity index (χ1n) is 5.80. The van der Waals surface area contributed by atoms with Crippen molar-refractivity contribution in [3.05, 3.63) is 50.6 Å². The highest BCUT2D eigenvalue weighted by atomic mass is 79.9. The minimum absolute atomic E-state index is 0.409. The summed E-state index contributed by atoms with van der Waals surface area (Å²) in [4.78, 5) is 2.67. The van der Waals surface area contributed by atoms with E-state index in [2.05, 4.69) is 57.8 Å². The first-order chi connectivity index (χ1) is 8.70. The van der Waals surface area contributed by atoms with Crippen molar-refractivity contribution in [2.24, 2.45) is 0 Å². The highest BCUT2D eigenvalue weighted by molar-refractivity contribution is 9.10. The van der Waals surface area contributed by atoms with Crippen LogP contribution in [-0.4, -0.2) is 12.8 Å². The van der Waals surface area contributed by atoms with Gasteiger partial charge in [0.2, 0.25) is 0 Å². The Bertz CT molecular complexity index is 510. The van der Waals surface area contributed by atoms with E-state index in [1.54, 1.807) is 0 Å². The van der Waals surface area contributed by atoms with E-state index in [-0.39, 0.29) is 0 Å². The molecule has 0 radical (unpaired) electrons. The van der Waals surface area contributed by atoms with E-state index in [0.29, 0.717) is 6.04 Å². The molecule has 1 aromatic heterocycles. The van der Waals surface area contributed by atoms with Crippen molar-refractivity contribution in [3.8, 4) is 0 Å². The molecule has 4 heteroatoms. The van der Waals surface area contributed by atoms with Gasteiger partial charge in [0.15, 0.2) is 0 Å². The molecule has 0 aliphatic carbocycles. The molecular formula is C14H16BrNS2. The molecule has 96 valence electrons. The minimum atomic E-state index is 0.409. The summed E-state index contributed by atoms with van der Waals surface area (Å²) < 4.78 is 1.17. The average molecular weight is 342 g/mol. The molecule has 0 saturated heterocycles. The number of thiophene rings is 1. The van der Waals surface area contributed by atoms with Crippen LogP contribution in [0.15, 0.2) is 45.1 Å². The summed E-state index contributed by atoms with van der Waals surface area (Å²) >= 11 is 7.28. The Hall–Kier alpha value is -0.290. The van der Waals surface area contributed by atoms with Crippen LogP contribution in [0.25, 0.3) is 0 Å². The first-order valence-corrected chi connectivity index (χ1v) is 8.46. The summed E-state index contributed by atoms with van der Waals surface area (Å²) in [5.74, 6) is 1.04. The molecule has 1 aromatic carbocycles. The van der Waals surface area contributed by atoms with Crippen molar-refractivity contribution < 1.29 is 0 Å². The third-order valence-corrected chi connectivity index (χ3v) is 5.74. The van der Waals surface area contributed by atoms with Crippen LogP contribution in [0.5, 0.6) is 0 Å². The van der Waals surface area contributed by atoms with Gasteiger partial charge >= 0.3 is 0 Å². The average Bonchev–Trinajstić information content (AvgIpc) is 2.79. The lowest BCUT2D eigenvalue weighted by Gasteiger charge is -2.15. The predicted octanol–water partition coefficient (Wildman–Crippen LogP) is 4.87. The maximum atomic E-state index is 3.59. The van der Waals surface area contributed by atoms with E-state index in [1.807, 2.05) is 36.2 Å². The standard InChI is InChI=1S/C14H16BrNS2/c1-10-7-11(8-17-10)13(16-2)9-18-14-6-4-3-5-12(14)15/h3-8,13,16H,9H2,1-2H3. The van der Waals surface area contributed by atoms with Gasteiger partial charge in [-0.25, -0.2) is 0 Å². The number of benzene rings is 1. The molecule has 0 spiro atoms. The van der Waals surface area contributed by atoms with E-state index in [4.69, 9.17) is 0 Å². The molecule has 1 nitrogen and oxygen atoms in total. The quantitative estimate of drug-likeness (QED) is 0.778. The van der Waals surface area contributed by atoms with E-state index >= 15 is 0 Å². The molecule has 0 bridgehead atoms. The molecule has 2 rings (SSSR count). The summed E-state index contributed by atoms with van der Waals surface area (Å²) in [6, 6.07) is 11.0. The summed E-state index contributed by atoms with van der Waals surface area (Å²) in [6.07, 6.45) is 0. The van der Waals surface area contributed by atoms with Crippen LogP contribution in [0, 0.1) is 6.92 Å². The largest absolute Gasteiger partial charge is 0.312 e. The Morgan fingerprint density at radius 1 is 1.39 bits per heavy atom. The zero-order valence-corrected chi connectivity index (χ0v) is 13.7. The molecule has 1 heterocycles. The lowest BCUT2D eigenvalue weighted by Crippen LogP contribution is -2.18. The normalized spacial score (nSPS) is 12.6. The second-order valence-corrected chi connectivity index (χ2v) is 7.10. The van der Waals surface area contributed by atoms with Crippen molar-refractivity contribution in [1.82, 2.24) is 5.32 Å². The first kappa shape index (κ1) is 14.1. The number of hydrogen-bond donors (Lipinski definition) is 1. The van der Waals surface area contributed by atoms with E-state index < -0.39 is 0 Å². The maximum absolute atomic E-state index is 3.59. The highest BCUT2D eigenvalue weighted by Gasteiger charge is 2.11. The van der Waals surface area contributed by atoms with E-state index in [0.717, 1.165) is 5.75 Å². The fourth-order valence-electron chi connectivity index (χ4n) is 1.73. The topological polar surface area (TPSA) is 12.0 Å². The van der Waals surface area contributed by atoms with Gasteiger partial charge in [-0.3, -0.25) is 0 Å². The number of hydrogen-bond acceptors (Lipinski definition) is 3. The van der Waals surface area contributed by atoms with Crippen LogP contribution in [0.1, 0.15) is 16.5 Å².